The van der Waals surface area contributed by atoms with E-state index in [9.17, 15) is 10.1 Å². The van der Waals surface area contributed by atoms with E-state index in [1.807, 2.05) is 4.90 Å². The molecule has 1 rings (SSSR count). The van der Waals surface area contributed by atoms with Crippen LogP contribution in [0, 0.1) is 10.1 Å². The van der Waals surface area contributed by atoms with E-state index in [1.54, 1.807) is 13.1 Å². The molecule has 5 heteroatoms. The molecule has 1 saturated heterocycles. The number of hydrogen-bond acceptors (Lipinski definition) is 4. The van der Waals surface area contributed by atoms with Crippen molar-refractivity contribution in [3.8, 4) is 0 Å². The van der Waals surface area contributed by atoms with Gasteiger partial charge in [0, 0.05) is 19.5 Å². The maximum atomic E-state index is 10.5. The van der Waals surface area contributed by atoms with Gasteiger partial charge in [0.15, 0.2) is 0 Å². The van der Waals surface area contributed by atoms with Crippen molar-refractivity contribution in [2.75, 3.05) is 26.3 Å². The van der Waals surface area contributed by atoms with Gasteiger partial charge in [0.2, 0.25) is 0 Å². The summed E-state index contributed by atoms with van der Waals surface area (Å²) in [6.45, 7) is 4.60. The molecule has 0 aromatic rings. The Kier molecular flexibility index (Phi) is 3.70. The van der Waals surface area contributed by atoms with Gasteiger partial charge >= 0.3 is 0 Å². The van der Waals surface area contributed by atoms with E-state index in [0.29, 0.717) is 19.6 Å². The maximum Gasteiger partial charge on any atom is 0.261 e. The summed E-state index contributed by atoms with van der Waals surface area (Å²) >= 11 is 0. The van der Waals surface area contributed by atoms with E-state index in [4.69, 9.17) is 4.74 Å². The van der Waals surface area contributed by atoms with Crippen molar-refractivity contribution in [1.82, 2.24) is 4.90 Å². The fourth-order valence-electron chi connectivity index (χ4n) is 1.18. The first kappa shape index (κ1) is 9.98. The third-order valence-electron chi connectivity index (χ3n) is 1.97. The zero-order valence-electron chi connectivity index (χ0n) is 7.73. The quantitative estimate of drug-likeness (QED) is 0.484. The molecule has 1 fully saturated rings. The molecule has 0 atom stereocenters. The summed E-state index contributed by atoms with van der Waals surface area (Å²) in [6, 6.07) is 0. The van der Waals surface area contributed by atoms with E-state index < -0.39 is 0 Å². The van der Waals surface area contributed by atoms with Crippen LogP contribution in [0.2, 0.25) is 0 Å². The van der Waals surface area contributed by atoms with Gasteiger partial charge in [-0.25, -0.2) is 0 Å². The zero-order valence-corrected chi connectivity index (χ0v) is 7.73. The Labute approximate surface area is 77.1 Å². The topological polar surface area (TPSA) is 55.6 Å². The van der Waals surface area contributed by atoms with Gasteiger partial charge in [0.05, 0.1) is 24.3 Å². The minimum Gasteiger partial charge on any atom is -0.378 e. The molecule has 0 unspecified atom stereocenters. The second-order valence-electron chi connectivity index (χ2n) is 2.88. The molecule has 0 spiro atoms. The van der Waals surface area contributed by atoms with Crippen LogP contribution in [0.25, 0.3) is 0 Å². The number of morpholine rings is 1. The predicted molar refractivity (Wildman–Crippen MR) is 47.8 cm³/mol. The van der Waals surface area contributed by atoms with Crippen molar-refractivity contribution in [3.05, 3.63) is 22.0 Å². The molecule has 1 heterocycles. The molecule has 0 bridgehead atoms. The Bertz CT molecular complexity index is 209. The normalized spacial score (nSPS) is 18.8. The Balaban J connectivity index is 2.54. The molecule has 0 aliphatic carbocycles. The smallest absolute Gasteiger partial charge is 0.261 e. The van der Waals surface area contributed by atoms with Crippen LogP contribution in [-0.4, -0.2) is 36.1 Å². The molecule has 13 heavy (non-hydrogen) atoms. The molecule has 0 N–H and O–H groups in total. The number of nitrogens with zero attached hydrogens (tertiary/aromatic N) is 2. The maximum absolute atomic E-state index is 10.5. The summed E-state index contributed by atoms with van der Waals surface area (Å²) in [7, 11) is 0. The molecule has 0 amide bonds. The highest BCUT2D eigenvalue weighted by Gasteiger charge is 2.12. The summed E-state index contributed by atoms with van der Waals surface area (Å²) < 4.78 is 5.13. The minimum atomic E-state index is -0.324. The average Bonchev–Trinajstić information content (AvgIpc) is 2.15. The number of hydrogen-bond donors (Lipinski definition) is 0. The van der Waals surface area contributed by atoms with Crippen LogP contribution in [-0.2, 0) is 4.74 Å². The first-order valence-electron chi connectivity index (χ1n) is 4.41. The van der Waals surface area contributed by atoms with Gasteiger partial charge in [0.1, 0.15) is 0 Å². The van der Waals surface area contributed by atoms with Crippen molar-refractivity contribution in [1.29, 1.82) is 0 Å². The zero-order chi connectivity index (χ0) is 9.68. The van der Waals surface area contributed by atoms with Gasteiger partial charge in [-0.3, -0.25) is 10.1 Å². The largest absolute Gasteiger partial charge is 0.378 e. The first-order valence-corrected chi connectivity index (χ1v) is 4.41. The molecule has 0 aromatic heterocycles. The monoisotopic (exact) mass is 186 g/mol. The van der Waals surface area contributed by atoms with Crippen molar-refractivity contribution in [2.45, 2.75) is 13.3 Å². The standard InChI is InChI=1S/C8H14N2O3/c1-2-8(10(11)12)7-9-3-5-13-6-4-9/h7H,2-6H2,1H3/b8-7+. The summed E-state index contributed by atoms with van der Waals surface area (Å²) in [5, 5.41) is 10.5. The molecular weight excluding hydrogens is 172 g/mol. The van der Waals surface area contributed by atoms with Gasteiger partial charge in [0.25, 0.3) is 5.70 Å². The van der Waals surface area contributed by atoms with Crippen molar-refractivity contribution in [2.24, 2.45) is 0 Å². The van der Waals surface area contributed by atoms with Gasteiger partial charge in [-0.2, -0.15) is 0 Å². The average molecular weight is 186 g/mol. The molecule has 1 aliphatic heterocycles. The lowest BCUT2D eigenvalue weighted by molar-refractivity contribution is -0.428. The highest BCUT2D eigenvalue weighted by atomic mass is 16.6. The second kappa shape index (κ2) is 4.81. The Morgan fingerprint density at radius 1 is 1.62 bits per heavy atom. The number of rotatable bonds is 3. The van der Waals surface area contributed by atoms with Crippen molar-refractivity contribution < 1.29 is 9.66 Å². The Hall–Kier alpha value is -1.10. The van der Waals surface area contributed by atoms with Gasteiger partial charge in [-0.15, -0.1) is 0 Å². The second-order valence-corrected chi connectivity index (χ2v) is 2.88. The van der Waals surface area contributed by atoms with Gasteiger partial charge < -0.3 is 9.64 Å². The van der Waals surface area contributed by atoms with E-state index in [1.165, 1.54) is 0 Å². The van der Waals surface area contributed by atoms with Crippen LogP contribution >= 0.6 is 0 Å². The third-order valence-corrected chi connectivity index (χ3v) is 1.97. The van der Waals surface area contributed by atoms with Crippen molar-refractivity contribution >= 4 is 0 Å². The first-order chi connectivity index (χ1) is 6.24. The number of allylic oxidation sites excluding steroid dienone is 1. The van der Waals surface area contributed by atoms with Crippen LogP contribution < -0.4 is 0 Å². The summed E-state index contributed by atoms with van der Waals surface area (Å²) in [5.74, 6) is 0. The molecule has 74 valence electrons. The van der Waals surface area contributed by atoms with Crippen molar-refractivity contribution in [3.63, 3.8) is 0 Å². The minimum absolute atomic E-state index is 0.266. The Morgan fingerprint density at radius 3 is 2.69 bits per heavy atom. The van der Waals surface area contributed by atoms with E-state index in [-0.39, 0.29) is 10.6 Å². The molecule has 0 radical (unpaired) electrons. The van der Waals surface area contributed by atoms with Gasteiger partial charge in [-0.1, -0.05) is 6.92 Å². The van der Waals surface area contributed by atoms with Crippen LogP contribution in [0.3, 0.4) is 0 Å². The summed E-state index contributed by atoms with van der Waals surface area (Å²) in [5.41, 5.74) is 0.266. The van der Waals surface area contributed by atoms with E-state index in [0.717, 1.165) is 13.1 Å². The highest BCUT2D eigenvalue weighted by Crippen LogP contribution is 2.05. The van der Waals surface area contributed by atoms with Gasteiger partial charge in [-0.05, 0) is 0 Å². The summed E-state index contributed by atoms with van der Waals surface area (Å²) in [4.78, 5) is 12.1. The predicted octanol–water partition coefficient (Wildman–Crippen LogP) is 0.847. The van der Waals surface area contributed by atoms with Crippen LogP contribution in [0.4, 0.5) is 0 Å². The summed E-state index contributed by atoms with van der Waals surface area (Å²) in [6.07, 6.45) is 2.09. The SMILES string of the molecule is CC/C(=C\N1CCOCC1)[N+](=O)[O-]. The van der Waals surface area contributed by atoms with Crippen LogP contribution in [0.15, 0.2) is 11.9 Å². The fraction of sp³-hybridized carbons (Fsp3) is 0.750. The highest BCUT2D eigenvalue weighted by molar-refractivity contribution is 4.91. The fourth-order valence-corrected chi connectivity index (χ4v) is 1.18. The molecule has 0 saturated carbocycles. The number of nitro groups is 1. The lowest BCUT2D eigenvalue weighted by Crippen LogP contribution is -2.32. The van der Waals surface area contributed by atoms with E-state index in [2.05, 4.69) is 0 Å². The van der Waals surface area contributed by atoms with E-state index >= 15 is 0 Å². The number of ether oxygens (including phenoxy) is 1. The van der Waals surface area contributed by atoms with Crippen LogP contribution in [0.1, 0.15) is 13.3 Å². The molecule has 5 nitrogen and oxygen atoms in total. The van der Waals surface area contributed by atoms with Crippen LogP contribution in [0.5, 0.6) is 0 Å². The molecule has 0 aromatic carbocycles. The lowest BCUT2D eigenvalue weighted by Gasteiger charge is -2.24. The Morgan fingerprint density at radius 2 is 2.23 bits per heavy atom. The lowest BCUT2D eigenvalue weighted by atomic mass is 10.3. The molecule has 1 aliphatic rings. The molecular formula is C8H14N2O3. The third kappa shape index (κ3) is 3.02.